The van der Waals surface area contributed by atoms with Gasteiger partial charge in [0.15, 0.2) is 0 Å². The van der Waals surface area contributed by atoms with Crippen LogP contribution in [0.5, 0.6) is 0 Å². The Bertz CT molecular complexity index is 495. The minimum absolute atomic E-state index is 0.0404. The molecule has 0 aliphatic carbocycles. The molecule has 2 aromatic carbocycles. The van der Waals surface area contributed by atoms with E-state index in [0.717, 1.165) is 0 Å². The number of benzene rings is 2. The third-order valence-corrected chi connectivity index (χ3v) is 3.46. The van der Waals surface area contributed by atoms with Crippen LogP contribution in [0.4, 0.5) is 0 Å². The van der Waals surface area contributed by atoms with Gasteiger partial charge >= 0.3 is 0 Å². The van der Waals surface area contributed by atoms with E-state index >= 15 is 0 Å². The van der Waals surface area contributed by atoms with E-state index in [1.807, 2.05) is 13.0 Å². The van der Waals surface area contributed by atoms with E-state index in [1.165, 1.54) is 11.1 Å². The Balaban J connectivity index is 2.38. The number of likely N-dealkylation sites (N-methyl/N-ethyl adjacent to an activating group) is 1. The molecule has 2 heteroatoms. The summed E-state index contributed by atoms with van der Waals surface area (Å²) in [5.41, 5.74) is 2.50. The summed E-state index contributed by atoms with van der Waals surface area (Å²) >= 11 is 0. The van der Waals surface area contributed by atoms with Gasteiger partial charge < -0.3 is 4.74 Å². The van der Waals surface area contributed by atoms with Crippen molar-refractivity contribution >= 4 is 0 Å². The van der Waals surface area contributed by atoms with E-state index in [0.29, 0.717) is 6.61 Å². The summed E-state index contributed by atoms with van der Waals surface area (Å²) in [6.07, 6.45) is 0.0404. The fourth-order valence-corrected chi connectivity index (χ4v) is 2.59. The quantitative estimate of drug-likeness (QED) is 0.784. The maximum absolute atomic E-state index is 6.06. The molecule has 2 aromatic rings. The number of nitrogens with zero attached hydrogens (tertiary/aromatic N) is 1. The van der Waals surface area contributed by atoms with Crippen LogP contribution in [0, 0.1) is 0 Å². The van der Waals surface area contributed by atoms with Crippen molar-refractivity contribution in [1.82, 2.24) is 4.90 Å². The van der Waals surface area contributed by atoms with E-state index < -0.39 is 0 Å². The van der Waals surface area contributed by atoms with Crippen LogP contribution in [0.2, 0.25) is 0 Å². The highest BCUT2D eigenvalue weighted by atomic mass is 16.5. The van der Waals surface area contributed by atoms with Gasteiger partial charge in [-0.25, -0.2) is 0 Å². The Labute approximate surface area is 122 Å². The maximum atomic E-state index is 6.06. The van der Waals surface area contributed by atoms with Crippen molar-refractivity contribution in [3.8, 4) is 0 Å². The Morgan fingerprint density at radius 1 is 0.850 bits per heavy atom. The maximum Gasteiger partial charge on any atom is 0.102 e. The highest BCUT2D eigenvalue weighted by molar-refractivity contribution is 5.26. The molecule has 2 rings (SSSR count). The van der Waals surface area contributed by atoms with Crippen molar-refractivity contribution < 1.29 is 4.74 Å². The minimum atomic E-state index is 0.0404. The third kappa shape index (κ3) is 3.47. The van der Waals surface area contributed by atoms with Crippen molar-refractivity contribution in [2.75, 3.05) is 20.7 Å². The Morgan fingerprint density at radius 2 is 1.35 bits per heavy atom. The molecular weight excluding hydrogens is 246 g/mol. The predicted molar refractivity (Wildman–Crippen MR) is 83.7 cm³/mol. The monoisotopic (exact) mass is 269 g/mol. The van der Waals surface area contributed by atoms with E-state index in [1.54, 1.807) is 0 Å². The molecule has 0 amide bonds. The van der Waals surface area contributed by atoms with Gasteiger partial charge in [-0.1, -0.05) is 60.7 Å². The van der Waals surface area contributed by atoms with Gasteiger partial charge in [0.25, 0.3) is 0 Å². The second kappa shape index (κ2) is 7.22. The largest absolute Gasteiger partial charge is 0.372 e. The fourth-order valence-electron chi connectivity index (χ4n) is 2.59. The van der Waals surface area contributed by atoms with Gasteiger partial charge in [-0.3, -0.25) is 4.90 Å². The first-order valence-corrected chi connectivity index (χ1v) is 7.12. The minimum Gasteiger partial charge on any atom is -0.372 e. The highest BCUT2D eigenvalue weighted by Crippen LogP contribution is 2.35. The molecule has 0 unspecified atom stereocenters. The molecule has 0 bridgehead atoms. The van der Waals surface area contributed by atoms with Crippen LogP contribution in [0.25, 0.3) is 0 Å². The second-order valence-electron chi connectivity index (χ2n) is 5.11. The molecule has 0 saturated carbocycles. The first-order chi connectivity index (χ1) is 9.74. The topological polar surface area (TPSA) is 12.5 Å². The van der Waals surface area contributed by atoms with Crippen LogP contribution in [0.15, 0.2) is 60.7 Å². The van der Waals surface area contributed by atoms with Crippen molar-refractivity contribution in [1.29, 1.82) is 0 Å². The molecule has 20 heavy (non-hydrogen) atoms. The molecule has 0 N–H and O–H groups in total. The summed E-state index contributed by atoms with van der Waals surface area (Å²) in [6, 6.07) is 21.2. The van der Waals surface area contributed by atoms with Crippen LogP contribution in [-0.2, 0) is 4.74 Å². The lowest BCUT2D eigenvalue weighted by Crippen LogP contribution is -2.28. The smallest absolute Gasteiger partial charge is 0.102 e. The normalized spacial score (nSPS) is 14.2. The molecule has 2 nitrogen and oxygen atoms in total. The third-order valence-electron chi connectivity index (χ3n) is 3.46. The summed E-state index contributed by atoms with van der Waals surface area (Å²) in [5, 5.41) is 0. The standard InChI is InChI=1S/C18H23NO/c1-4-20-18(16-13-9-6-10-14-16)17(19(2)3)15-11-7-5-8-12-15/h5-14,17-18H,4H2,1-3H3/t17-,18-/m1/s1. The van der Waals surface area contributed by atoms with Crippen LogP contribution in [0.1, 0.15) is 30.2 Å². The molecule has 2 atom stereocenters. The van der Waals surface area contributed by atoms with Crippen LogP contribution in [-0.4, -0.2) is 25.6 Å². The number of ether oxygens (including phenoxy) is 1. The lowest BCUT2D eigenvalue weighted by atomic mass is 9.95. The summed E-state index contributed by atoms with van der Waals surface area (Å²) in [5.74, 6) is 0. The van der Waals surface area contributed by atoms with Crippen molar-refractivity contribution in [2.24, 2.45) is 0 Å². The molecular formula is C18H23NO. The van der Waals surface area contributed by atoms with E-state index in [-0.39, 0.29) is 12.1 Å². The zero-order valence-electron chi connectivity index (χ0n) is 12.5. The summed E-state index contributed by atoms with van der Waals surface area (Å²) in [4.78, 5) is 2.22. The SMILES string of the molecule is CCO[C@H](c1ccccc1)[C@@H](c1ccccc1)N(C)C. The highest BCUT2D eigenvalue weighted by Gasteiger charge is 2.26. The predicted octanol–water partition coefficient (Wildman–Crippen LogP) is 4.07. The van der Waals surface area contributed by atoms with E-state index in [4.69, 9.17) is 4.74 Å². The molecule has 0 aromatic heterocycles. The van der Waals surface area contributed by atoms with E-state index in [2.05, 4.69) is 73.6 Å². The first kappa shape index (κ1) is 14.8. The van der Waals surface area contributed by atoms with Gasteiger partial charge in [0.05, 0.1) is 6.04 Å². The molecule has 0 saturated heterocycles. The van der Waals surface area contributed by atoms with Gasteiger partial charge in [-0.15, -0.1) is 0 Å². The van der Waals surface area contributed by atoms with Crippen molar-refractivity contribution in [3.05, 3.63) is 71.8 Å². The zero-order chi connectivity index (χ0) is 14.4. The lowest BCUT2D eigenvalue weighted by molar-refractivity contribution is 0.00231. The second-order valence-corrected chi connectivity index (χ2v) is 5.11. The molecule has 0 heterocycles. The Morgan fingerprint density at radius 3 is 1.80 bits per heavy atom. The molecule has 0 radical (unpaired) electrons. The molecule has 106 valence electrons. The summed E-state index contributed by atoms with van der Waals surface area (Å²) in [6.45, 7) is 2.75. The average molecular weight is 269 g/mol. The molecule has 0 aliphatic heterocycles. The van der Waals surface area contributed by atoms with E-state index in [9.17, 15) is 0 Å². The summed E-state index contributed by atoms with van der Waals surface area (Å²) < 4.78 is 6.06. The van der Waals surface area contributed by atoms with Crippen LogP contribution < -0.4 is 0 Å². The van der Waals surface area contributed by atoms with Gasteiger partial charge in [0.1, 0.15) is 6.10 Å². The van der Waals surface area contributed by atoms with Gasteiger partial charge in [0, 0.05) is 6.61 Å². The van der Waals surface area contributed by atoms with Crippen LogP contribution in [0.3, 0.4) is 0 Å². The molecule has 0 aliphatic rings. The Kier molecular flexibility index (Phi) is 5.33. The first-order valence-electron chi connectivity index (χ1n) is 7.12. The Hall–Kier alpha value is -1.64. The molecule has 0 fully saturated rings. The van der Waals surface area contributed by atoms with Crippen molar-refractivity contribution in [3.63, 3.8) is 0 Å². The average Bonchev–Trinajstić information content (AvgIpc) is 2.48. The number of rotatable bonds is 6. The molecule has 0 spiro atoms. The lowest BCUT2D eigenvalue weighted by Gasteiger charge is -2.33. The van der Waals surface area contributed by atoms with Gasteiger partial charge in [-0.2, -0.15) is 0 Å². The summed E-state index contributed by atoms with van der Waals surface area (Å²) in [7, 11) is 4.21. The number of hydrogen-bond acceptors (Lipinski definition) is 2. The van der Waals surface area contributed by atoms with Crippen molar-refractivity contribution in [2.45, 2.75) is 19.1 Å². The fraction of sp³-hybridized carbons (Fsp3) is 0.333. The van der Waals surface area contributed by atoms with Crippen LogP contribution >= 0.6 is 0 Å². The number of hydrogen-bond donors (Lipinski definition) is 0. The van der Waals surface area contributed by atoms with Gasteiger partial charge in [-0.05, 0) is 32.1 Å². The zero-order valence-corrected chi connectivity index (χ0v) is 12.5. The van der Waals surface area contributed by atoms with Gasteiger partial charge in [0.2, 0.25) is 0 Å².